The van der Waals surface area contributed by atoms with Gasteiger partial charge in [-0.25, -0.2) is 0 Å². The Bertz CT molecular complexity index is 333. The highest BCUT2D eigenvalue weighted by Gasteiger charge is 2.19. The number of hydrogen-bond donors (Lipinski definition) is 1. The van der Waals surface area contributed by atoms with Crippen molar-refractivity contribution in [3.05, 3.63) is 29.8 Å². The number of ether oxygens (including phenoxy) is 2. The van der Waals surface area contributed by atoms with Crippen LogP contribution in [0.2, 0.25) is 0 Å². The van der Waals surface area contributed by atoms with Crippen molar-refractivity contribution in [2.45, 2.75) is 31.7 Å². The molecule has 3 nitrogen and oxygen atoms in total. The summed E-state index contributed by atoms with van der Waals surface area (Å²) in [4.78, 5) is 0. The van der Waals surface area contributed by atoms with Crippen LogP contribution in [0.4, 0.5) is 0 Å². The minimum atomic E-state index is 0.771. The third-order valence-corrected chi connectivity index (χ3v) is 3.12. The highest BCUT2D eigenvalue weighted by molar-refractivity contribution is 5.27. The van der Waals surface area contributed by atoms with Gasteiger partial charge in [-0.1, -0.05) is 12.1 Å². The standard InChI is InChI=1S/C15H23NO2/c1-17-12-9-13-3-7-15(8-4-13)18-11-2-10-16-14-5-6-14/h3-4,7-8,14,16H,2,5-6,9-12H2,1H3. The molecule has 0 bridgehead atoms. The molecule has 1 saturated carbocycles. The molecule has 0 unspecified atom stereocenters. The van der Waals surface area contributed by atoms with E-state index >= 15 is 0 Å². The summed E-state index contributed by atoms with van der Waals surface area (Å²) in [5.74, 6) is 0.961. The molecule has 100 valence electrons. The van der Waals surface area contributed by atoms with Crippen LogP contribution in [0.3, 0.4) is 0 Å². The minimum absolute atomic E-state index is 0.771. The van der Waals surface area contributed by atoms with Crippen molar-refractivity contribution in [2.75, 3.05) is 26.9 Å². The molecule has 1 aromatic carbocycles. The Hall–Kier alpha value is -1.06. The van der Waals surface area contributed by atoms with Crippen LogP contribution in [0.5, 0.6) is 5.75 Å². The maximum absolute atomic E-state index is 5.70. The summed E-state index contributed by atoms with van der Waals surface area (Å²) in [6.45, 7) is 2.63. The Labute approximate surface area is 109 Å². The zero-order valence-electron chi connectivity index (χ0n) is 11.2. The monoisotopic (exact) mass is 249 g/mol. The second-order valence-electron chi connectivity index (χ2n) is 4.82. The summed E-state index contributed by atoms with van der Waals surface area (Å²) < 4.78 is 10.8. The Morgan fingerprint density at radius 1 is 1.17 bits per heavy atom. The van der Waals surface area contributed by atoms with Crippen molar-refractivity contribution in [1.82, 2.24) is 5.32 Å². The average Bonchev–Trinajstić information content (AvgIpc) is 3.21. The maximum Gasteiger partial charge on any atom is 0.119 e. The molecule has 1 aliphatic rings. The van der Waals surface area contributed by atoms with E-state index in [0.29, 0.717) is 0 Å². The molecule has 0 spiro atoms. The Morgan fingerprint density at radius 3 is 2.61 bits per heavy atom. The van der Waals surface area contributed by atoms with Gasteiger partial charge in [-0.15, -0.1) is 0 Å². The molecule has 1 fully saturated rings. The van der Waals surface area contributed by atoms with Crippen molar-refractivity contribution < 1.29 is 9.47 Å². The van der Waals surface area contributed by atoms with Crippen LogP contribution in [-0.4, -0.2) is 32.9 Å². The number of methoxy groups -OCH3 is 1. The van der Waals surface area contributed by atoms with E-state index in [2.05, 4.69) is 17.4 Å². The van der Waals surface area contributed by atoms with Gasteiger partial charge in [-0.3, -0.25) is 0 Å². The molecule has 0 saturated heterocycles. The van der Waals surface area contributed by atoms with Gasteiger partial charge in [0.05, 0.1) is 13.2 Å². The first-order valence-electron chi connectivity index (χ1n) is 6.82. The molecule has 18 heavy (non-hydrogen) atoms. The van der Waals surface area contributed by atoms with Crippen molar-refractivity contribution in [1.29, 1.82) is 0 Å². The van der Waals surface area contributed by atoms with E-state index in [4.69, 9.17) is 9.47 Å². The van der Waals surface area contributed by atoms with Gasteiger partial charge < -0.3 is 14.8 Å². The lowest BCUT2D eigenvalue weighted by molar-refractivity contribution is 0.202. The lowest BCUT2D eigenvalue weighted by atomic mass is 10.1. The van der Waals surface area contributed by atoms with E-state index in [1.54, 1.807) is 7.11 Å². The average molecular weight is 249 g/mol. The molecule has 1 aliphatic carbocycles. The topological polar surface area (TPSA) is 30.5 Å². The number of nitrogens with one attached hydrogen (secondary N) is 1. The van der Waals surface area contributed by atoms with E-state index in [1.807, 2.05) is 12.1 Å². The van der Waals surface area contributed by atoms with Crippen LogP contribution in [0.15, 0.2) is 24.3 Å². The smallest absolute Gasteiger partial charge is 0.119 e. The lowest BCUT2D eigenvalue weighted by Crippen LogP contribution is -2.19. The zero-order chi connectivity index (χ0) is 12.6. The summed E-state index contributed by atoms with van der Waals surface area (Å²) in [5.41, 5.74) is 1.29. The molecule has 0 aromatic heterocycles. The number of benzene rings is 1. The van der Waals surface area contributed by atoms with Crippen LogP contribution in [0.25, 0.3) is 0 Å². The van der Waals surface area contributed by atoms with Crippen LogP contribution < -0.4 is 10.1 Å². The first kappa shape index (κ1) is 13.4. The van der Waals surface area contributed by atoms with Gasteiger partial charge in [-0.05, 0) is 49.9 Å². The predicted molar refractivity (Wildman–Crippen MR) is 73.2 cm³/mol. The van der Waals surface area contributed by atoms with E-state index in [0.717, 1.165) is 44.4 Å². The Kier molecular flexibility index (Phi) is 5.49. The minimum Gasteiger partial charge on any atom is -0.494 e. The van der Waals surface area contributed by atoms with E-state index < -0.39 is 0 Å². The highest BCUT2D eigenvalue weighted by atomic mass is 16.5. The summed E-state index contributed by atoms with van der Waals surface area (Å²) >= 11 is 0. The normalized spacial score (nSPS) is 14.7. The molecule has 0 heterocycles. The van der Waals surface area contributed by atoms with Gasteiger partial charge in [0, 0.05) is 13.2 Å². The van der Waals surface area contributed by atoms with Crippen molar-refractivity contribution in [2.24, 2.45) is 0 Å². The fourth-order valence-electron chi connectivity index (χ4n) is 1.83. The summed E-state index contributed by atoms with van der Waals surface area (Å²) in [6.07, 6.45) is 4.73. The molecule has 0 aliphatic heterocycles. The van der Waals surface area contributed by atoms with E-state index in [9.17, 15) is 0 Å². The fraction of sp³-hybridized carbons (Fsp3) is 0.600. The summed E-state index contributed by atoms with van der Waals surface area (Å²) in [6, 6.07) is 9.09. The van der Waals surface area contributed by atoms with Crippen molar-refractivity contribution in [3.63, 3.8) is 0 Å². The van der Waals surface area contributed by atoms with Gasteiger partial charge in [0.25, 0.3) is 0 Å². The summed E-state index contributed by atoms with van der Waals surface area (Å²) in [7, 11) is 1.73. The van der Waals surface area contributed by atoms with Gasteiger partial charge >= 0.3 is 0 Å². The van der Waals surface area contributed by atoms with Crippen LogP contribution in [-0.2, 0) is 11.2 Å². The molecule has 1 N–H and O–H groups in total. The second-order valence-corrected chi connectivity index (χ2v) is 4.82. The van der Waals surface area contributed by atoms with Crippen LogP contribution in [0, 0.1) is 0 Å². The predicted octanol–water partition coefficient (Wildman–Crippen LogP) is 2.40. The molecule has 3 heteroatoms. The molecule has 1 aromatic rings. The van der Waals surface area contributed by atoms with Gasteiger partial charge in [0.2, 0.25) is 0 Å². The van der Waals surface area contributed by atoms with Crippen LogP contribution >= 0.6 is 0 Å². The molecule has 0 amide bonds. The maximum atomic E-state index is 5.70. The van der Waals surface area contributed by atoms with Crippen molar-refractivity contribution >= 4 is 0 Å². The molecule has 0 radical (unpaired) electrons. The largest absolute Gasteiger partial charge is 0.494 e. The van der Waals surface area contributed by atoms with Crippen molar-refractivity contribution in [3.8, 4) is 5.75 Å². The second kappa shape index (κ2) is 7.39. The van der Waals surface area contributed by atoms with Crippen LogP contribution in [0.1, 0.15) is 24.8 Å². The molecule has 2 rings (SSSR count). The fourth-order valence-corrected chi connectivity index (χ4v) is 1.83. The molecular weight excluding hydrogens is 226 g/mol. The van der Waals surface area contributed by atoms with Gasteiger partial charge in [-0.2, -0.15) is 0 Å². The zero-order valence-corrected chi connectivity index (χ0v) is 11.2. The number of hydrogen-bond acceptors (Lipinski definition) is 3. The quantitative estimate of drug-likeness (QED) is 0.682. The van der Waals surface area contributed by atoms with Gasteiger partial charge in [0.15, 0.2) is 0 Å². The Balaban J connectivity index is 1.59. The first-order valence-corrected chi connectivity index (χ1v) is 6.82. The van der Waals surface area contributed by atoms with Gasteiger partial charge in [0.1, 0.15) is 5.75 Å². The first-order chi connectivity index (χ1) is 8.88. The Morgan fingerprint density at radius 2 is 1.94 bits per heavy atom. The van der Waals surface area contributed by atoms with E-state index in [-0.39, 0.29) is 0 Å². The highest BCUT2D eigenvalue weighted by Crippen LogP contribution is 2.18. The third kappa shape index (κ3) is 5.07. The van der Waals surface area contributed by atoms with E-state index in [1.165, 1.54) is 18.4 Å². The summed E-state index contributed by atoms with van der Waals surface area (Å²) in [5, 5.41) is 3.48. The SMILES string of the molecule is COCCc1ccc(OCCCNC2CC2)cc1. The molecular formula is C15H23NO2. The molecule has 0 atom stereocenters. The number of rotatable bonds is 9. The lowest BCUT2D eigenvalue weighted by Gasteiger charge is -2.07. The third-order valence-electron chi connectivity index (χ3n) is 3.12.